The van der Waals surface area contributed by atoms with E-state index < -0.39 is 0 Å². The molecule has 24 heavy (non-hydrogen) atoms. The molecule has 5 heteroatoms. The molecule has 2 heterocycles. The molecule has 1 aliphatic rings. The molecule has 2 N–H and O–H groups in total. The summed E-state index contributed by atoms with van der Waals surface area (Å²) in [6, 6.07) is 9.55. The van der Waals surface area contributed by atoms with Crippen LogP contribution in [0.4, 0.5) is 11.6 Å². The summed E-state index contributed by atoms with van der Waals surface area (Å²) in [6.45, 7) is 2.15. The van der Waals surface area contributed by atoms with Gasteiger partial charge in [0.2, 0.25) is 5.88 Å². The van der Waals surface area contributed by atoms with Crippen molar-refractivity contribution in [2.45, 2.75) is 32.4 Å². The zero-order chi connectivity index (χ0) is 16.9. The molecule has 1 atom stereocenters. The molecule has 3 rings (SSSR count). The van der Waals surface area contributed by atoms with Crippen LogP contribution in [-0.4, -0.2) is 12.9 Å². The van der Waals surface area contributed by atoms with Crippen molar-refractivity contribution in [3.63, 3.8) is 0 Å². The van der Waals surface area contributed by atoms with Crippen LogP contribution in [0.5, 0.6) is 5.75 Å². The summed E-state index contributed by atoms with van der Waals surface area (Å²) in [5.74, 6) is 8.26. The Morgan fingerprint density at radius 2 is 2.08 bits per heavy atom. The smallest absolute Gasteiger partial charge is 0.227 e. The number of hydrogen-bond donors (Lipinski definition) is 1. The molecule has 1 aromatic heterocycles. The summed E-state index contributed by atoms with van der Waals surface area (Å²) in [5.41, 5.74) is 8.21. The third-order valence-corrected chi connectivity index (χ3v) is 3.91. The van der Waals surface area contributed by atoms with E-state index in [4.69, 9.17) is 14.9 Å². The van der Waals surface area contributed by atoms with Gasteiger partial charge in [0.05, 0.1) is 18.9 Å². The van der Waals surface area contributed by atoms with Crippen molar-refractivity contribution in [1.82, 2.24) is 0 Å². The molecule has 0 aliphatic carbocycles. The molecule has 0 amide bonds. The van der Waals surface area contributed by atoms with Gasteiger partial charge in [0, 0.05) is 12.1 Å². The van der Waals surface area contributed by atoms with Crippen LogP contribution in [0.1, 0.15) is 37.9 Å². The number of hydrogen-bond acceptors (Lipinski definition) is 5. The fourth-order valence-corrected chi connectivity index (χ4v) is 2.57. The maximum absolute atomic E-state index is 6.44. The first kappa shape index (κ1) is 16.2. The van der Waals surface area contributed by atoms with E-state index >= 15 is 0 Å². The van der Waals surface area contributed by atoms with Crippen LogP contribution in [0.2, 0.25) is 0 Å². The van der Waals surface area contributed by atoms with Crippen molar-refractivity contribution in [2.24, 2.45) is 10.7 Å². The second-order valence-electron chi connectivity index (χ2n) is 5.53. The lowest BCUT2D eigenvalue weighted by molar-refractivity contribution is 0.415. The van der Waals surface area contributed by atoms with Gasteiger partial charge in [0.1, 0.15) is 11.9 Å². The van der Waals surface area contributed by atoms with E-state index in [1.807, 2.05) is 35.2 Å². The summed E-state index contributed by atoms with van der Waals surface area (Å²) in [6.07, 6.45) is 4.24. The van der Waals surface area contributed by atoms with Crippen LogP contribution in [-0.2, 0) is 0 Å². The predicted octanol–water partition coefficient (Wildman–Crippen LogP) is 3.99. The molecule has 0 fully saturated rings. The van der Waals surface area contributed by atoms with Gasteiger partial charge < -0.3 is 14.9 Å². The molecule has 0 radical (unpaired) electrons. The van der Waals surface area contributed by atoms with E-state index in [-0.39, 0.29) is 6.17 Å². The Hall–Kier alpha value is -2.71. The maximum atomic E-state index is 6.44. The van der Waals surface area contributed by atoms with Crippen LogP contribution in [0, 0.1) is 11.8 Å². The molecule has 5 nitrogen and oxygen atoms in total. The number of methoxy groups -OCH3 is 1. The number of ether oxygens (including phenoxy) is 1. The second kappa shape index (κ2) is 7.24. The number of anilines is 1. The maximum Gasteiger partial charge on any atom is 0.227 e. The van der Waals surface area contributed by atoms with E-state index in [1.165, 1.54) is 0 Å². The first-order chi connectivity index (χ1) is 11.7. The van der Waals surface area contributed by atoms with Crippen molar-refractivity contribution in [2.75, 3.05) is 12.0 Å². The van der Waals surface area contributed by atoms with Crippen molar-refractivity contribution < 1.29 is 9.15 Å². The number of furan rings is 1. The molecule has 2 aromatic rings. The monoisotopic (exact) mass is 323 g/mol. The standard InChI is InChI=1S/C19H21N3O2/c1-3-4-5-6-7-17-21-19-16(12-13-24-19)18(20)22(17)14-8-10-15(23-2)11-9-14/h8-13,18H,3-5,20H2,1-2H3. The van der Waals surface area contributed by atoms with Gasteiger partial charge in [-0.25, -0.2) is 0 Å². The quantitative estimate of drug-likeness (QED) is 0.682. The molecule has 0 saturated carbocycles. The number of benzene rings is 1. The number of unbranched alkanes of at least 4 members (excludes halogenated alkanes) is 2. The lowest BCUT2D eigenvalue weighted by Crippen LogP contribution is -2.40. The number of nitrogens with two attached hydrogens (primary N) is 1. The molecule has 1 aliphatic heterocycles. The molecule has 1 unspecified atom stereocenters. The van der Waals surface area contributed by atoms with Crippen LogP contribution >= 0.6 is 0 Å². The zero-order valence-electron chi connectivity index (χ0n) is 14.0. The largest absolute Gasteiger partial charge is 0.497 e. The Labute approximate surface area is 142 Å². The topological polar surface area (TPSA) is 64.0 Å². The fourth-order valence-electron chi connectivity index (χ4n) is 2.57. The van der Waals surface area contributed by atoms with Gasteiger partial charge in [0.15, 0.2) is 5.84 Å². The number of aliphatic imine (C=N–C) groups is 1. The summed E-state index contributed by atoms with van der Waals surface area (Å²) in [5, 5.41) is 0. The minimum atomic E-state index is -0.389. The Kier molecular flexibility index (Phi) is 4.88. The number of rotatable bonds is 4. The SMILES string of the molecule is CCCCC#CC1=Nc2occc2C(N)N1c1ccc(OC)cc1. The van der Waals surface area contributed by atoms with Gasteiger partial charge in [-0.2, -0.15) is 4.99 Å². The minimum Gasteiger partial charge on any atom is -0.497 e. The first-order valence-electron chi connectivity index (χ1n) is 8.08. The normalized spacial score (nSPS) is 16.0. The van der Waals surface area contributed by atoms with Gasteiger partial charge in [-0.1, -0.05) is 19.3 Å². The zero-order valence-corrected chi connectivity index (χ0v) is 14.0. The first-order valence-corrected chi connectivity index (χ1v) is 8.08. The predicted molar refractivity (Wildman–Crippen MR) is 95.5 cm³/mol. The van der Waals surface area contributed by atoms with Crippen molar-refractivity contribution in [3.05, 3.63) is 42.2 Å². The average molecular weight is 323 g/mol. The van der Waals surface area contributed by atoms with Crippen LogP contribution in [0.15, 0.2) is 46.0 Å². The molecule has 0 bridgehead atoms. The molecule has 0 spiro atoms. The Morgan fingerprint density at radius 1 is 1.29 bits per heavy atom. The molecule has 1 aromatic carbocycles. The fraction of sp³-hybridized carbons (Fsp3) is 0.316. The third kappa shape index (κ3) is 3.15. The summed E-state index contributed by atoms with van der Waals surface area (Å²) in [4.78, 5) is 6.47. The second-order valence-corrected chi connectivity index (χ2v) is 5.53. The van der Waals surface area contributed by atoms with E-state index in [0.29, 0.717) is 11.7 Å². The van der Waals surface area contributed by atoms with E-state index in [1.54, 1.807) is 13.4 Å². The Balaban J connectivity index is 1.97. The van der Waals surface area contributed by atoms with E-state index in [9.17, 15) is 0 Å². The summed E-state index contributed by atoms with van der Waals surface area (Å²) in [7, 11) is 1.64. The van der Waals surface area contributed by atoms with E-state index in [0.717, 1.165) is 36.3 Å². The average Bonchev–Trinajstić information content (AvgIpc) is 3.08. The van der Waals surface area contributed by atoms with Crippen molar-refractivity contribution in [3.8, 4) is 17.6 Å². The Morgan fingerprint density at radius 3 is 2.79 bits per heavy atom. The van der Waals surface area contributed by atoms with Crippen molar-refractivity contribution in [1.29, 1.82) is 0 Å². The molecular formula is C19H21N3O2. The van der Waals surface area contributed by atoms with Gasteiger partial charge in [-0.15, -0.1) is 0 Å². The van der Waals surface area contributed by atoms with Gasteiger partial charge in [-0.3, -0.25) is 4.90 Å². The number of amidine groups is 1. The molecule has 124 valence electrons. The highest BCUT2D eigenvalue weighted by atomic mass is 16.5. The summed E-state index contributed by atoms with van der Waals surface area (Å²) < 4.78 is 10.6. The third-order valence-electron chi connectivity index (χ3n) is 3.91. The van der Waals surface area contributed by atoms with Crippen LogP contribution in [0.25, 0.3) is 0 Å². The lowest BCUT2D eigenvalue weighted by atomic mass is 10.1. The highest BCUT2D eigenvalue weighted by molar-refractivity contribution is 6.12. The van der Waals surface area contributed by atoms with Crippen molar-refractivity contribution >= 4 is 17.4 Å². The highest BCUT2D eigenvalue weighted by Gasteiger charge is 2.29. The lowest BCUT2D eigenvalue weighted by Gasteiger charge is -2.32. The number of nitrogens with zero attached hydrogens (tertiary/aromatic N) is 2. The van der Waals surface area contributed by atoms with Crippen LogP contribution in [0.3, 0.4) is 0 Å². The molecule has 0 saturated heterocycles. The summed E-state index contributed by atoms with van der Waals surface area (Å²) >= 11 is 0. The van der Waals surface area contributed by atoms with Gasteiger partial charge in [-0.05, 0) is 42.7 Å². The number of fused-ring (bicyclic) bond motifs is 1. The van der Waals surface area contributed by atoms with E-state index in [2.05, 4.69) is 23.8 Å². The van der Waals surface area contributed by atoms with Crippen LogP contribution < -0.4 is 15.4 Å². The molecular weight excluding hydrogens is 302 g/mol. The van der Waals surface area contributed by atoms with Gasteiger partial charge >= 0.3 is 0 Å². The van der Waals surface area contributed by atoms with Gasteiger partial charge in [0.25, 0.3) is 0 Å². The Bertz CT molecular complexity index is 781. The minimum absolute atomic E-state index is 0.389. The highest BCUT2D eigenvalue weighted by Crippen LogP contribution is 2.36.